The van der Waals surface area contributed by atoms with Crippen LogP contribution in [0.1, 0.15) is 6.42 Å². The molecule has 1 unspecified atom stereocenters. The van der Waals surface area contributed by atoms with Crippen LogP contribution in [0.25, 0.3) is 0 Å². The molecule has 0 radical (unpaired) electrons. The molecule has 1 atom stereocenters. The SMILES string of the molecule is N=C(N)SCC1CC(=O)N(c2ccc(F)cc2)C1. The Balaban J connectivity index is 2.00. The van der Waals surface area contributed by atoms with Gasteiger partial charge in [-0.25, -0.2) is 4.39 Å². The summed E-state index contributed by atoms with van der Waals surface area (Å²) in [5.74, 6) is 0.583. The summed E-state index contributed by atoms with van der Waals surface area (Å²) in [4.78, 5) is 13.5. The number of amidine groups is 1. The summed E-state index contributed by atoms with van der Waals surface area (Å²) in [6, 6.07) is 5.90. The number of nitrogens with two attached hydrogens (primary N) is 1. The van der Waals surface area contributed by atoms with Crippen LogP contribution in [0.3, 0.4) is 0 Å². The topological polar surface area (TPSA) is 70.2 Å². The van der Waals surface area contributed by atoms with Gasteiger partial charge in [0.1, 0.15) is 5.82 Å². The first kappa shape index (κ1) is 12.9. The molecule has 0 bridgehead atoms. The molecule has 1 aliphatic heterocycles. The largest absolute Gasteiger partial charge is 0.379 e. The Labute approximate surface area is 109 Å². The fourth-order valence-corrected chi connectivity index (χ4v) is 2.61. The van der Waals surface area contributed by atoms with Crippen molar-refractivity contribution in [1.29, 1.82) is 5.41 Å². The zero-order valence-corrected chi connectivity index (χ0v) is 10.5. The van der Waals surface area contributed by atoms with E-state index in [1.165, 1.54) is 23.9 Å². The van der Waals surface area contributed by atoms with Crippen LogP contribution in [-0.4, -0.2) is 23.4 Å². The Hall–Kier alpha value is -1.56. The van der Waals surface area contributed by atoms with Crippen molar-refractivity contribution in [3.8, 4) is 0 Å². The summed E-state index contributed by atoms with van der Waals surface area (Å²) < 4.78 is 12.8. The number of hydrogen-bond acceptors (Lipinski definition) is 3. The number of carbonyl (C=O) groups excluding carboxylic acids is 1. The van der Waals surface area contributed by atoms with Gasteiger partial charge in [0.15, 0.2) is 5.17 Å². The van der Waals surface area contributed by atoms with E-state index in [0.717, 1.165) is 5.69 Å². The van der Waals surface area contributed by atoms with E-state index >= 15 is 0 Å². The van der Waals surface area contributed by atoms with Gasteiger partial charge in [0.05, 0.1) is 0 Å². The quantitative estimate of drug-likeness (QED) is 0.648. The Morgan fingerprint density at radius 3 is 2.78 bits per heavy atom. The first-order chi connectivity index (χ1) is 8.56. The number of nitrogens with zero attached hydrogens (tertiary/aromatic N) is 1. The van der Waals surface area contributed by atoms with Crippen molar-refractivity contribution in [2.75, 3.05) is 17.2 Å². The average molecular weight is 267 g/mol. The highest BCUT2D eigenvalue weighted by molar-refractivity contribution is 8.13. The Kier molecular flexibility index (Phi) is 3.86. The molecule has 1 heterocycles. The highest BCUT2D eigenvalue weighted by atomic mass is 32.2. The number of amides is 1. The van der Waals surface area contributed by atoms with E-state index in [2.05, 4.69) is 0 Å². The van der Waals surface area contributed by atoms with E-state index in [1.54, 1.807) is 17.0 Å². The first-order valence-corrected chi connectivity index (χ1v) is 6.57. The van der Waals surface area contributed by atoms with Crippen LogP contribution in [0.2, 0.25) is 0 Å². The van der Waals surface area contributed by atoms with Crippen LogP contribution < -0.4 is 10.6 Å². The zero-order chi connectivity index (χ0) is 13.1. The van der Waals surface area contributed by atoms with Gasteiger partial charge < -0.3 is 10.6 Å². The molecule has 4 nitrogen and oxygen atoms in total. The molecular formula is C12H14FN3OS. The van der Waals surface area contributed by atoms with Crippen molar-refractivity contribution in [3.05, 3.63) is 30.1 Å². The van der Waals surface area contributed by atoms with Gasteiger partial charge in [-0.3, -0.25) is 10.2 Å². The maximum absolute atomic E-state index is 12.8. The van der Waals surface area contributed by atoms with Crippen molar-refractivity contribution >= 4 is 28.5 Å². The molecule has 1 aliphatic rings. The molecule has 0 aliphatic carbocycles. The van der Waals surface area contributed by atoms with E-state index in [4.69, 9.17) is 11.1 Å². The van der Waals surface area contributed by atoms with Gasteiger partial charge in [0, 0.05) is 24.4 Å². The third kappa shape index (κ3) is 3.01. The molecule has 1 aromatic rings. The Bertz CT molecular complexity index is 463. The van der Waals surface area contributed by atoms with Gasteiger partial charge in [-0.2, -0.15) is 0 Å². The summed E-state index contributed by atoms with van der Waals surface area (Å²) >= 11 is 1.25. The molecule has 0 saturated carbocycles. The molecule has 3 N–H and O–H groups in total. The molecule has 1 saturated heterocycles. The molecule has 1 fully saturated rings. The normalized spacial score (nSPS) is 19.3. The second-order valence-corrected chi connectivity index (χ2v) is 5.29. The van der Waals surface area contributed by atoms with Crippen molar-refractivity contribution in [2.45, 2.75) is 6.42 Å². The lowest BCUT2D eigenvalue weighted by Gasteiger charge is -2.16. The van der Waals surface area contributed by atoms with Gasteiger partial charge in [0.2, 0.25) is 5.91 Å². The van der Waals surface area contributed by atoms with Crippen LogP contribution in [0.4, 0.5) is 10.1 Å². The molecule has 6 heteroatoms. The van der Waals surface area contributed by atoms with Gasteiger partial charge in [-0.05, 0) is 30.2 Å². The molecule has 96 valence electrons. The summed E-state index contributed by atoms with van der Waals surface area (Å²) in [5, 5.41) is 7.22. The third-order valence-electron chi connectivity index (χ3n) is 2.82. The molecule has 1 amide bonds. The number of thioether (sulfide) groups is 1. The minimum atomic E-state index is -0.311. The van der Waals surface area contributed by atoms with Gasteiger partial charge in [-0.1, -0.05) is 11.8 Å². The molecule has 2 rings (SSSR count). The number of anilines is 1. The lowest BCUT2D eigenvalue weighted by atomic mass is 10.1. The number of nitrogens with one attached hydrogen (secondary N) is 1. The molecule has 18 heavy (non-hydrogen) atoms. The number of halogens is 1. The maximum atomic E-state index is 12.8. The lowest BCUT2D eigenvalue weighted by Crippen LogP contribution is -2.24. The number of carbonyl (C=O) groups is 1. The monoisotopic (exact) mass is 267 g/mol. The summed E-state index contributed by atoms with van der Waals surface area (Å²) in [6.45, 7) is 0.602. The number of hydrogen-bond donors (Lipinski definition) is 2. The molecule has 0 spiro atoms. The summed E-state index contributed by atoms with van der Waals surface area (Å²) in [7, 11) is 0. The number of benzene rings is 1. The minimum Gasteiger partial charge on any atom is -0.379 e. The van der Waals surface area contributed by atoms with Gasteiger partial charge in [0.25, 0.3) is 0 Å². The highest BCUT2D eigenvalue weighted by Crippen LogP contribution is 2.27. The maximum Gasteiger partial charge on any atom is 0.227 e. The average Bonchev–Trinajstić information content (AvgIpc) is 2.69. The first-order valence-electron chi connectivity index (χ1n) is 5.59. The lowest BCUT2D eigenvalue weighted by molar-refractivity contribution is -0.117. The van der Waals surface area contributed by atoms with E-state index in [0.29, 0.717) is 18.7 Å². The van der Waals surface area contributed by atoms with E-state index in [-0.39, 0.29) is 22.8 Å². The standard InChI is InChI=1S/C12H14FN3OS/c13-9-1-3-10(4-2-9)16-6-8(5-11(16)17)7-18-12(14)15/h1-4,8H,5-7H2,(H3,14,15). The van der Waals surface area contributed by atoms with E-state index in [9.17, 15) is 9.18 Å². The summed E-state index contributed by atoms with van der Waals surface area (Å²) in [6.07, 6.45) is 0.456. The van der Waals surface area contributed by atoms with Crippen LogP contribution >= 0.6 is 11.8 Å². The third-order valence-corrected chi connectivity index (χ3v) is 3.77. The van der Waals surface area contributed by atoms with Crippen molar-refractivity contribution < 1.29 is 9.18 Å². The van der Waals surface area contributed by atoms with Crippen molar-refractivity contribution in [2.24, 2.45) is 11.7 Å². The highest BCUT2D eigenvalue weighted by Gasteiger charge is 2.30. The minimum absolute atomic E-state index is 0.0377. The fourth-order valence-electron chi connectivity index (χ4n) is 1.97. The molecular weight excluding hydrogens is 253 g/mol. The zero-order valence-electron chi connectivity index (χ0n) is 9.73. The van der Waals surface area contributed by atoms with Crippen molar-refractivity contribution in [3.63, 3.8) is 0 Å². The summed E-state index contributed by atoms with van der Waals surface area (Å²) in [5.41, 5.74) is 5.99. The van der Waals surface area contributed by atoms with Crippen LogP contribution in [0.15, 0.2) is 24.3 Å². The second-order valence-electron chi connectivity index (χ2n) is 4.23. The van der Waals surface area contributed by atoms with E-state index in [1.807, 2.05) is 0 Å². The predicted octanol–water partition coefficient (Wildman–Crippen LogP) is 1.81. The predicted molar refractivity (Wildman–Crippen MR) is 71.2 cm³/mol. The number of rotatable bonds is 3. The molecule has 0 aromatic heterocycles. The smallest absolute Gasteiger partial charge is 0.227 e. The Morgan fingerprint density at radius 2 is 2.17 bits per heavy atom. The van der Waals surface area contributed by atoms with Crippen LogP contribution in [0.5, 0.6) is 0 Å². The van der Waals surface area contributed by atoms with Gasteiger partial charge >= 0.3 is 0 Å². The Morgan fingerprint density at radius 1 is 1.50 bits per heavy atom. The van der Waals surface area contributed by atoms with Gasteiger partial charge in [-0.15, -0.1) is 0 Å². The second kappa shape index (κ2) is 5.39. The van der Waals surface area contributed by atoms with Crippen molar-refractivity contribution in [1.82, 2.24) is 0 Å². The van der Waals surface area contributed by atoms with Crippen LogP contribution in [0, 0.1) is 17.1 Å². The van der Waals surface area contributed by atoms with Crippen LogP contribution in [-0.2, 0) is 4.79 Å². The van der Waals surface area contributed by atoms with E-state index < -0.39 is 0 Å². The molecule has 1 aromatic carbocycles. The fraction of sp³-hybridized carbons (Fsp3) is 0.333.